The lowest BCUT2D eigenvalue weighted by molar-refractivity contribution is 0.0635. The Labute approximate surface area is 152 Å². The number of hydrogen-bond donors (Lipinski definition) is 1. The molecule has 0 saturated carbocycles. The SMILES string of the molecule is CC(C)(C)OC(=O)Nc1ccc(N2CCN(c3ncccn3)CC2)nn1. The van der Waals surface area contributed by atoms with Gasteiger partial charge in [-0.15, -0.1) is 10.2 Å². The van der Waals surface area contributed by atoms with Gasteiger partial charge in [0.25, 0.3) is 0 Å². The number of nitrogens with one attached hydrogen (secondary N) is 1. The standard InChI is InChI=1S/C17H23N7O2/c1-17(2,3)26-16(25)20-13-5-6-14(22-21-13)23-9-11-24(12-10-23)15-18-7-4-8-19-15/h4-8H,9-12H2,1-3H3,(H,20,21,25). The molecule has 2 aromatic heterocycles. The van der Waals surface area contributed by atoms with Crippen LogP contribution < -0.4 is 15.1 Å². The normalized spacial score (nSPS) is 14.9. The summed E-state index contributed by atoms with van der Waals surface area (Å²) in [6.45, 7) is 8.63. The first-order chi connectivity index (χ1) is 12.4. The molecular weight excluding hydrogens is 334 g/mol. The summed E-state index contributed by atoms with van der Waals surface area (Å²) >= 11 is 0. The molecule has 1 saturated heterocycles. The van der Waals surface area contributed by atoms with E-state index < -0.39 is 11.7 Å². The number of carbonyl (C=O) groups excluding carboxylic acids is 1. The Bertz CT molecular complexity index is 723. The number of amides is 1. The number of ether oxygens (including phenoxy) is 1. The fourth-order valence-corrected chi connectivity index (χ4v) is 2.56. The molecule has 3 heterocycles. The van der Waals surface area contributed by atoms with Crippen molar-refractivity contribution in [2.24, 2.45) is 0 Å². The molecule has 2 aromatic rings. The molecule has 0 spiro atoms. The van der Waals surface area contributed by atoms with Crippen LogP contribution in [0, 0.1) is 0 Å². The fraction of sp³-hybridized carbons (Fsp3) is 0.471. The first-order valence-corrected chi connectivity index (χ1v) is 8.51. The highest BCUT2D eigenvalue weighted by Crippen LogP contribution is 2.17. The van der Waals surface area contributed by atoms with Crippen LogP contribution in [0.5, 0.6) is 0 Å². The second kappa shape index (κ2) is 7.51. The number of hydrogen-bond acceptors (Lipinski definition) is 8. The van der Waals surface area contributed by atoms with E-state index in [-0.39, 0.29) is 0 Å². The Morgan fingerprint density at radius 3 is 2.27 bits per heavy atom. The van der Waals surface area contributed by atoms with Gasteiger partial charge in [-0.3, -0.25) is 5.32 Å². The van der Waals surface area contributed by atoms with Crippen molar-refractivity contribution >= 4 is 23.7 Å². The summed E-state index contributed by atoms with van der Waals surface area (Å²) in [6, 6.07) is 5.37. The van der Waals surface area contributed by atoms with E-state index in [1.54, 1.807) is 18.5 Å². The van der Waals surface area contributed by atoms with Gasteiger partial charge in [-0.25, -0.2) is 14.8 Å². The number of nitrogens with zero attached hydrogens (tertiary/aromatic N) is 6. The second-order valence-electron chi connectivity index (χ2n) is 6.93. The van der Waals surface area contributed by atoms with E-state index in [1.807, 2.05) is 32.9 Å². The van der Waals surface area contributed by atoms with Gasteiger partial charge in [-0.05, 0) is 39.0 Å². The van der Waals surface area contributed by atoms with Crippen LogP contribution in [0.1, 0.15) is 20.8 Å². The Kier molecular flexibility index (Phi) is 5.15. The van der Waals surface area contributed by atoms with Crippen LogP contribution in [-0.4, -0.2) is 58.0 Å². The van der Waals surface area contributed by atoms with Crippen LogP contribution in [0.2, 0.25) is 0 Å². The third kappa shape index (κ3) is 4.78. The van der Waals surface area contributed by atoms with Gasteiger partial charge in [0.2, 0.25) is 5.95 Å². The molecule has 1 aliphatic rings. The van der Waals surface area contributed by atoms with E-state index in [4.69, 9.17) is 4.74 Å². The monoisotopic (exact) mass is 357 g/mol. The molecule has 138 valence electrons. The highest BCUT2D eigenvalue weighted by Gasteiger charge is 2.20. The Hall–Kier alpha value is -2.97. The number of piperazine rings is 1. The summed E-state index contributed by atoms with van der Waals surface area (Å²) in [5.74, 6) is 1.88. The molecule has 1 aliphatic heterocycles. The van der Waals surface area contributed by atoms with Gasteiger partial charge in [0.15, 0.2) is 11.6 Å². The molecule has 0 aromatic carbocycles. The Balaban J connectivity index is 1.54. The maximum absolute atomic E-state index is 11.8. The average molecular weight is 357 g/mol. The molecule has 0 radical (unpaired) electrons. The van der Waals surface area contributed by atoms with Crippen molar-refractivity contribution in [2.45, 2.75) is 26.4 Å². The third-order valence-corrected chi connectivity index (χ3v) is 3.72. The zero-order valence-corrected chi connectivity index (χ0v) is 15.2. The summed E-state index contributed by atoms with van der Waals surface area (Å²) in [5.41, 5.74) is -0.556. The highest BCUT2D eigenvalue weighted by atomic mass is 16.6. The summed E-state index contributed by atoms with van der Waals surface area (Å²) in [5, 5.41) is 10.8. The van der Waals surface area contributed by atoms with E-state index in [1.165, 1.54) is 0 Å². The van der Waals surface area contributed by atoms with Crippen molar-refractivity contribution in [1.29, 1.82) is 0 Å². The molecule has 1 fully saturated rings. The molecular formula is C17H23N7O2. The van der Waals surface area contributed by atoms with Gasteiger partial charge >= 0.3 is 6.09 Å². The van der Waals surface area contributed by atoms with Crippen LogP contribution in [0.3, 0.4) is 0 Å². The zero-order chi connectivity index (χ0) is 18.6. The average Bonchev–Trinajstić information content (AvgIpc) is 2.62. The Morgan fingerprint density at radius 2 is 1.69 bits per heavy atom. The van der Waals surface area contributed by atoms with Crippen molar-refractivity contribution in [1.82, 2.24) is 20.2 Å². The van der Waals surface area contributed by atoms with Gasteiger partial charge in [0.05, 0.1) is 0 Å². The topological polar surface area (TPSA) is 96.4 Å². The Morgan fingerprint density at radius 1 is 1.04 bits per heavy atom. The predicted molar refractivity (Wildman–Crippen MR) is 98.3 cm³/mol. The van der Waals surface area contributed by atoms with Crippen molar-refractivity contribution in [3.05, 3.63) is 30.6 Å². The second-order valence-corrected chi connectivity index (χ2v) is 6.93. The summed E-state index contributed by atoms with van der Waals surface area (Å²) in [6.07, 6.45) is 2.95. The van der Waals surface area contributed by atoms with Crippen LogP contribution in [0.15, 0.2) is 30.6 Å². The zero-order valence-electron chi connectivity index (χ0n) is 15.2. The molecule has 0 bridgehead atoms. The minimum absolute atomic E-state index is 0.360. The van der Waals surface area contributed by atoms with Crippen molar-refractivity contribution in [3.63, 3.8) is 0 Å². The van der Waals surface area contributed by atoms with E-state index in [0.717, 1.165) is 37.9 Å². The van der Waals surface area contributed by atoms with Gasteiger partial charge in [0, 0.05) is 38.6 Å². The summed E-state index contributed by atoms with van der Waals surface area (Å²) < 4.78 is 5.20. The summed E-state index contributed by atoms with van der Waals surface area (Å²) in [7, 11) is 0. The van der Waals surface area contributed by atoms with E-state index in [2.05, 4.69) is 35.3 Å². The molecule has 26 heavy (non-hydrogen) atoms. The quantitative estimate of drug-likeness (QED) is 0.890. The first kappa shape index (κ1) is 17.8. The van der Waals surface area contributed by atoms with Crippen molar-refractivity contribution < 1.29 is 9.53 Å². The van der Waals surface area contributed by atoms with Crippen LogP contribution in [0.25, 0.3) is 0 Å². The van der Waals surface area contributed by atoms with Gasteiger partial charge in [-0.2, -0.15) is 0 Å². The number of aromatic nitrogens is 4. The predicted octanol–water partition coefficient (Wildman–Crippen LogP) is 1.94. The minimum atomic E-state index is -0.556. The van der Waals surface area contributed by atoms with E-state index >= 15 is 0 Å². The maximum Gasteiger partial charge on any atom is 0.413 e. The van der Waals surface area contributed by atoms with Gasteiger partial charge in [0.1, 0.15) is 5.60 Å². The molecule has 1 amide bonds. The fourth-order valence-electron chi connectivity index (χ4n) is 2.56. The van der Waals surface area contributed by atoms with Gasteiger partial charge < -0.3 is 14.5 Å². The van der Waals surface area contributed by atoms with Gasteiger partial charge in [-0.1, -0.05) is 0 Å². The molecule has 1 N–H and O–H groups in total. The highest BCUT2D eigenvalue weighted by molar-refractivity contribution is 5.83. The smallest absolute Gasteiger partial charge is 0.413 e. The van der Waals surface area contributed by atoms with E-state index in [9.17, 15) is 4.79 Å². The van der Waals surface area contributed by atoms with Crippen LogP contribution >= 0.6 is 0 Å². The maximum atomic E-state index is 11.8. The lowest BCUT2D eigenvalue weighted by Gasteiger charge is -2.35. The largest absolute Gasteiger partial charge is 0.444 e. The lowest BCUT2D eigenvalue weighted by atomic mass is 10.2. The number of rotatable bonds is 3. The van der Waals surface area contributed by atoms with E-state index in [0.29, 0.717) is 5.82 Å². The molecule has 9 heteroatoms. The molecule has 3 rings (SSSR count). The molecule has 0 atom stereocenters. The van der Waals surface area contributed by atoms with Crippen molar-refractivity contribution in [3.8, 4) is 0 Å². The molecule has 0 aliphatic carbocycles. The van der Waals surface area contributed by atoms with Crippen LogP contribution in [-0.2, 0) is 4.74 Å². The first-order valence-electron chi connectivity index (χ1n) is 8.51. The van der Waals surface area contributed by atoms with Crippen molar-refractivity contribution in [2.75, 3.05) is 41.3 Å². The number of carbonyl (C=O) groups is 1. The summed E-state index contributed by atoms with van der Waals surface area (Å²) in [4.78, 5) is 24.6. The molecule has 9 nitrogen and oxygen atoms in total. The molecule has 0 unspecified atom stereocenters. The third-order valence-electron chi connectivity index (χ3n) is 3.72. The lowest BCUT2D eigenvalue weighted by Crippen LogP contribution is -2.47. The van der Waals surface area contributed by atoms with Crippen LogP contribution in [0.4, 0.5) is 22.4 Å². The minimum Gasteiger partial charge on any atom is -0.444 e. The number of anilines is 3.